The van der Waals surface area contributed by atoms with E-state index in [1.807, 2.05) is 0 Å². The van der Waals surface area contributed by atoms with E-state index in [4.69, 9.17) is 10.5 Å². The summed E-state index contributed by atoms with van der Waals surface area (Å²) >= 11 is 2.61. The molecule has 0 radical (unpaired) electrons. The summed E-state index contributed by atoms with van der Waals surface area (Å²) in [6.45, 7) is 8.66. The molecule has 1 aliphatic carbocycles. The van der Waals surface area contributed by atoms with Crippen LogP contribution in [0.5, 0.6) is 0 Å². The van der Waals surface area contributed by atoms with Crippen molar-refractivity contribution < 1.29 is 14.3 Å². The van der Waals surface area contributed by atoms with Gasteiger partial charge in [0, 0.05) is 11.1 Å². The number of hydrogen-bond acceptors (Lipinski definition) is 9. The lowest BCUT2D eigenvalue weighted by molar-refractivity contribution is -0.113. The fourth-order valence-electron chi connectivity index (χ4n) is 3.64. The number of carbonyl (C=O) groups excluding carboxylic acids is 2. The number of anilines is 2. The molecule has 1 amide bonds. The summed E-state index contributed by atoms with van der Waals surface area (Å²) in [7, 11) is 0. The Morgan fingerprint density at radius 2 is 2.19 bits per heavy atom. The van der Waals surface area contributed by atoms with Crippen molar-refractivity contribution in [3.8, 4) is 6.07 Å². The molecule has 0 bridgehead atoms. The third kappa shape index (κ3) is 5.40. The molecule has 170 valence electrons. The summed E-state index contributed by atoms with van der Waals surface area (Å²) in [6, 6.07) is 2.27. The molecule has 0 spiro atoms. The van der Waals surface area contributed by atoms with Gasteiger partial charge in [-0.25, -0.2) is 14.8 Å². The summed E-state index contributed by atoms with van der Waals surface area (Å²) in [5.74, 6) is -0.226. The maximum Gasteiger partial charge on any atom is 0.343 e. The van der Waals surface area contributed by atoms with Crippen molar-refractivity contribution in [2.75, 3.05) is 23.4 Å². The summed E-state index contributed by atoms with van der Waals surface area (Å²) in [4.78, 5) is 33.7. The van der Waals surface area contributed by atoms with Crippen molar-refractivity contribution in [3.05, 3.63) is 27.8 Å². The van der Waals surface area contributed by atoms with Crippen molar-refractivity contribution >= 4 is 45.8 Å². The molecular formula is C22H27N5O3S2. The van der Waals surface area contributed by atoms with E-state index < -0.39 is 5.97 Å². The molecule has 2 heterocycles. The van der Waals surface area contributed by atoms with Gasteiger partial charge in [0.25, 0.3) is 0 Å². The molecule has 2 aromatic heterocycles. The second-order valence-electron chi connectivity index (χ2n) is 8.63. The largest absolute Gasteiger partial charge is 0.462 e. The molecule has 1 aliphatic rings. The molecule has 0 fully saturated rings. The van der Waals surface area contributed by atoms with Gasteiger partial charge in [-0.15, -0.1) is 11.3 Å². The first-order valence-electron chi connectivity index (χ1n) is 10.4. The zero-order valence-corrected chi connectivity index (χ0v) is 20.3. The minimum atomic E-state index is -0.585. The van der Waals surface area contributed by atoms with Crippen LogP contribution in [0.4, 0.5) is 10.8 Å². The van der Waals surface area contributed by atoms with E-state index in [1.54, 1.807) is 6.92 Å². The highest BCUT2D eigenvalue weighted by Crippen LogP contribution is 2.44. The monoisotopic (exact) mass is 473 g/mol. The molecule has 8 nitrogen and oxygen atoms in total. The number of carbonyl (C=O) groups is 2. The van der Waals surface area contributed by atoms with Gasteiger partial charge in [0.15, 0.2) is 5.16 Å². The van der Waals surface area contributed by atoms with Crippen molar-refractivity contribution in [3.63, 3.8) is 0 Å². The van der Waals surface area contributed by atoms with Gasteiger partial charge in [-0.2, -0.15) is 5.26 Å². The second-order valence-corrected chi connectivity index (χ2v) is 10.7. The number of aromatic nitrogens is 2. The van der Waals surface area contributed by atoms with Crippen LogP contribution in [0.3, 0.4) is 0 Å². The molecule has 0 saturated heterocycles. The third-order valence-electron chi connectivity index (χ3n) is 5.48. The van der Waals surface area contributed by atoms with Gasteiger partial charge >= 0.3 is 5.97 Å². The van der Waals surface area contributed by atoms with Crippen LogP contribution in [0.2, 0.25) is 0 Å². The predicted octanol–water partition coefficient (Wildman–Crippen LogP) is 4.05. The number of nitrogens with one attached hydrogen (secondary N) is 1. The average Bonchev–Trinajstić information content (AvgIpc) is 3.07. The quantitative estimate of drug-likeness (QED) is 0.365. The Balaban J connectivity index is 1.65. The lowest BCUT2D eigenvalue weighted by Crippen LogP contribution is -2.26. The molecular weight excluding hydrogens is 446 g/mol. The molecule has 0 aliphatic heterocycles. The molecule has 3 rings (SSSR count). The van der Waals surface area contributed by atoms with Crippen molar-refractivity contribution in [2.24, 2.45) is 11.3 Å². The minimum absolute atomic E-state index is 0.00691. The van der Waals surface area contributed by atoms with Crippen LogP contribution in [0.15, 0.2) is 11.4 Å². The zero-order valence-electron chi connectivity index (χ0n) is 18.7. The zero-order chi connectivity index (χ0) is 23.5. The van der Waals surface area contributed by atoms with Crippen molar-refractivity contribution in [1.82, 2.24) is 9.97 Å². The Hall–Kier alpha value is -2.64. The van der Waals surface area contributed by atoms with E-state index in [1.165, 1.54) is 22.4 Å². The number of thiophene rings is 1. The van der Waals surface area contributed by atoms with Gasteiger partial charge in [-0.05, 0) is 43.1 Å². The van der Waals surface area contributed by atoms with Crippen LogP contribution in [0.25, 0.3) is 0 Å². The highest BCUT2D eigenvalue weighted by atomic mass is 32.2. The van der Waals surface area contributed by atoms with E-state index >= 15 is 0 Å². The molecule has 0 saturated carbocycles. The third-order valence-corrected chi connectivity index (χ3v) is 7.51. The number of hydrogen-bond donors (Lipinski definition) is 2. The van der Waals surface area contributed by atoms with E-state index in [0.717, 1.165) is 36.6 Å². The Morgan fingerprint density at radius 3 is 2.81 bits per heavy atom. The molecule has 32 heavy (non-hydrogen) atoms. The van der Waals surface area contributed by atoms with Crippen LogP contribution in [-0.2, 0) is 22.4 Å². The van der Waals surface area contributed by atoms with Gasteiger partial charge in [0.05, 0.1) is 17.9 Å². The number of nitriles is 1. The molecule has 10 heteroatoms. The fourth-order valence-corrected chi connectivity index (χ4v) is 5.55. The maximum atomic E-state index is 12.5. The number of thioether (sulfide) groups is 1. The number of fused-ring (bicyclic) bond motifs is 1. The number of nitrogen functional groups attached to an aromatic ring is 1. The van der Waals surface area contributed by atoms with Crippen molar-refractivity contribution in [2.45, 2.75) is 52.1 Å². The standard InChI is InChI=1S/C22H27N5O3S2/c1-5-30-20(29)15-10-25-21(27-18(15)24)31-11-17(28)26-19-14(9-23)13-7-6-12(22(2,3)4)8-16(13)32-19/h10,12H,5-8,11H2,1-4H3,(H,26,28)(H2,24,25,27)/t12-/m1/s1. The number of esters is 1. The molecule has 0 unspecified atom stereocenters. The van der Waals surface area contributed by atoms with Gasteiger partial charge < -0.3 is 15.8 Å². The number of amides is 1. The number of nitrogens with zero attached hydrogens (tertiary/aromatic N) is 3. The smallest absolute Gasteiger partial charge is 0.343 e. The normalized spacial score (nSPS) is 15.5. The minimum Gasteiger partial charge on any atom is -0.462 e. The van der Waals surface area contributed by atoms with Gasteiger partial charge in [0.2, 0.25) is 5.91 Å². The highest BCUT2D eigenvalue weighted by Gasteiger charge is 2.32. The topological polar surface area (TPSA) is 131 Å². The Kier molecular flexibility index (Phi) is 7.41. The van der Waals surface area contributed by atoms with Crippen molar-refractivity contribution in [1.29, 1.82) is 5.26 Å². The maximum absolute atomic E-state index is 12.5. The predicted molar refractivity (Wildman–Crippen MR) is 126 cm³/mol. The lowest BCUT2D eigenvalue weighted by atomic mass is 9.72. The number of rotatable bonds is 6. The van der Waals surface area contributed by atoms with Crippen LogP contribution in [0.1, 0.15) is 60.5 Å². The summed E-state index contributed by atoms with van der Waals surface area (Å²) in [5.41, 5.74) is 7.77. The molecule has 0 aromatic carbocycles. The average molecular weight is 474 g/mol. The summed E-state index contributed by atoms with van der Waals surface area (Å²) < 4.78 is 4.90. The van der Waals surface area contributed by atoms with Gasteiger partial charge in [-0.1, -0.05) is 32.5 Å². The lowest BCUT2D eigenvalue weighted by Gasteiger charge is -2.33. The first-order valence-corrected chi connectivity index (χ1v) is 12.2. The Bertz CT molecular complexity index is 1070. The number of nitrogens with two attached hydrogens (primary N) is 1. The first kappa shape index (κ1) is 24.0. The Morgan fingerprint density at radius 1 is 1.44 bits per heavy atom. The van der Waals surface area contributed by atoms with Crippen LogP contribution in [0, 0.1) is 22.7 Å². The van der Waals surface area contributed by atoms with E-state index in [0.29, 0.717) is 16.5 Å². The fraction of sp³-hybridized carbons (Fsp3) is 0.500. The van der Waals surface area contributed by atoms with E-state index in [-0.39, 0.29) is 40.2 Å². The van der Waals surface area contributed by atoms with E-state index in [9.17, 15) is 14.9 Å². The summed E-state index contributed by atoms with van der Waals surface area (Å²) in [6.07, 6.45) is 4.14. The SMILES string of the molecule is CCOC(=O)c1cnc(SCC(=O)Nc2sc3c(c2C#N)CC[C@@H](C(C)(C)C)C3)nc1N. The second kappa shape index (κ2) is 9.88. The molecule has 3 N–H and O–H groups in total. The first-order chi connectivity index (χ1) is 15.1. The molecule has 2 aromatic rings. The van der Waals surface area contributed by atoms with Gasteiger partial charge in [0.1, 0.15) is 22.5 Å². The van der Waals surface area contributed by atoms with E-state index in [2.05, 4.69) is 42.1 Å². The van der Waals surface area contributed by atoms with Crippen LogP contribution in [-0.4, -0.2) is 34.2 Å². The highest BCUT2D eigenvalue weighted by molar-refractivity contribution is 7.99. The van der Waals surface area contributed by atoms with Gasteiger partial charge in [-0.3, -0.25) is 4.79 Å². The molecule has 1 atom stereocenters. The Labute approximate surface area is 196 Å². The van der Waals surface area contributed by atoms with Crippen LogP contribution >= 0.6 is 23.1 Å². The summed E-state index contributed by atoms with van der Waals surface area (Å²) in [5, 5.41) is 13.4. The number of ether oxygens (including phenoxy) is 1. The van der Waals surface area contributed by atoms with Crippen LogP contribution < -0.4 is 11.1 Å².